The highest BCUT2D eigenvalue weighted by atomic mass is 35.5. The number of halogens is 3. The van der Waals surface area contributed by atoms with Crippen LogP contribution in [0.25, 0.3) is 10.2 Å². The summed E-state index contributed by atoms with van der Waals surface area (Å²) in [5.74, 6) is -0.0307. The zero-order valence-corrected chi connectivity index (χ0v) is 21.5. The van der Waals surface area contributed by atoms with Crippen molar-refractivity contribution in [2.24, 2.45) is 0 Å². The molecule has 5 nitrogen and oxygen atoms in total. The largest absolute Gasteiger partial charge is 0.379 e. The summed E-state index contributed by atoms with van der Waals surface area (Å²) in [7, 11) is 0. The number of carbonyl (C=O) groups is 1. The summed E-state index contributed by atoms with van der Waals surface area (Å²) in [6.07, 6.45) is 0.850. The molecule has 0 atom stereocenters. The van der Waals surface area contributed by atoms with E-state index in [0.717, 1.165) is 59.9 Å². The maximum absolute atomic E-state index is 13.2. The van der Waals surface area contributed by atoms with Crippen LogP contribution in [-0.2, 0) is 9.53 Å². The summed E-state index contributed by atoms with van der Waals surface area (Å²) in [5.41, 5.74) is 1.77. The fourth-order valence-electron chi connectivity index (χ4n) is 3.56. The highest BCUT2D eigenvalue weighted by Gasteiger charge is 2.21. The number of fused-ring (bicyclic) bond motifs is 1. The van der Waals surface area contributed by atoms with E-state index in [0.29, 0.717) is 16.7 Å². The molecular formula is C23H26Cl2FN3O2S2. The first kappa shape index (κ1) is 26.2. The first-order valence-corrected chi connectivity index (χ1v) is 12.7. The lowest BCUT2D eigenvalue weighted by atomic mass is 10.2. The van der Waals surface area contributed by atoms with Gasteiger partial charge in [0.15, 0.2) is 5.13 Å². The predicted octanol–water partition coefficient (Wildman–Crippen LogP) is 5.67. The Kier molecular flexibility index (Phi) is 9.79. The van der Waals surface area contributed by atoms with Gasteiger partial charge < -0.3 is 4.74 Å². The molecule has 1 aromatic heterocycles. The number of amides is 1. The Balaban J connectivity index is 0.00000306. The molecule has 0 bridgehead atoms. The molecule has 0 saturated carbocycles. The molecule has 1 amide bonds. The fraction of sp³-hybridized carbons (Fsp3) is 0.391. The Labute approximate surface area is 212 Å². The lowest BCUT2D eigenvalue weighted by Crippen LogP contribution is -2.39. The van der Waals surface area contributed by atoms with Crippen molar-refractivity contribution < 1.29 is 13.9 Å². The molecule has 0 N–H and O–H groups in total. The van der Waals surface area contributed by atoms with Crippen LogP contribution in [0.1, 0.15) is 12.0 Å². The number of rotatable bonds is 8. The summed E-state index contributed by atoms with van der Waals surface area (Å²) in [6, 6.07) is 10.0. The van der Waals surface area contributed by atoms with Gasteiger partial charge in [0.05, 0.1) is 29.2 Å². The van der Waals surface area contributed by atoms with Gasteiger partial charge in [-0.15, -0.1) is 24.2 Å². The molecule has 2 heterocycles. The van der Waals surface area contributed by atoms with Gasteiger partial charge in [-0.05, 0) is 55.3 Å². The molecule has 1 aliphatic heterocycles. The van der Waals surface area contributed by atoms with Crippen molar-refractivity contribution in [3.05, 3.63) is 52.8 Å². The second-order valence-electron chi connectivity index (χ2n) is 7.61. The summed E-state index contributed by atoms with van der Waals surface area (Å²) in [6.45, 7) is 6.81. The van der Waals surface area contributed by atoms with Crippen molar-refractivity contribution in [3.8, 4) is 0 Å². The van der Waals surface area contributed by atoms with Crippen LogP contribution < -0.4 is 4.90 Å². The summed E-state index contributed by atoms with van der Waals surface area (Å²) in [5, 5.41) is 1.36. The van der Waals surface area contributed by atoms with Gasteiger partial charge in [0.1, 0.15) is 5.82 Å². The van der Waals surface area contributed by atoms with E-state index in [1.54, 1.807) is 17.0 Å². The van der Waals surface area contributed by atoms with E-state index < -0.39 is 0 Å². The zero-order valence-electron chi connectivity index (χ0n) is 18.3. The molecule has 0 aliphatic carbocycles. The molecule has 4 rings (SSSR count). The normalized spacial score (nSPS) is 14.3. The van der Waals surface area contributed by atoms with Crippen LogP contribution in [0.4, 0.5) is 9.52 Å². The maximum Gasteiger partial charge on any atom is 0.239 e. The summed E-state index contributed by atoms with van der Waals surface area (Å²) >= 11 is 9.19. The minimum atomic E-state index is -0.283. The molecule has 1 saturated heterocycles. The number of aryl methyl sites for hydroxylation is 1. The summed E-state index contributed by atoms with van der Waals surface area (Å²) < 4.78 is 19.6. The zero-order chi connectivity index (χ0) is 22.5. The topological polar surface area (TPSA) is 45.7 Å². The van der Waals surface area contributed by atoms with Gasteiger partial charge in [0.25, 0.3) is 0 Å². The van der Waals surface area contributed by atoms with Gasteiger partial charge in [-0.2, -0.15) is 0 Å². The third-order valence-corrected chi connectivity index (χ3v) is 7.85. The van der Waals surface area contributed by atoms with E-state index in [4.69, 9.17) is 21.3 Å². The van der Waals surface area contributed by atoms with E-state index >= 15 is 0 Å². The number of aromatic nitrogens is 1. The maximum atomic E-state index is 13.2. The molecule has 0 spiro atoms. The Bertz CT molecular complexity index is 1080. The Morgan fingerprint density at radius 1 is 1.24 bits per heavy atom. The molecule has 33 heavy (non-hydrogen) atoms. The molecular weight excluding hydrogens is 504 g/mol. The molecule has 0 radical (unpaired) electrons. The number of ether oxygens (including phenoxy) is 1. The second-order valence-corrected chi connectivity index (χ2v) is 10.1. The van der Waals surface area contributed by atoms with Crippen molar-refractivity contribution in [3.63, 3.8) is 0 Å². The minimum absolute atomic E-state index is 0. The van der Waals surface area contributed by atoms with E-state index in [9.17, 15) is 9.18 Å². The lowest BCUT2D eigenvalue weighted by Gasteiger charge is -2.27. The Morgan fingerprint density at radius 2 is 1.97 bits per heavy atom. The van der Waals surface area contributed by atoms with E-state index in [-0.39, 0.29) is 29.9 Å². The molecule has 10 heteroatoms. The molecule has 178 valence electrons. The number of hydrogen-bond donors (Lipinski definition) is 0. The minimum Gasteiger partial charge on any atom is -0.379 e. The van der Waals surface area contributed by atoms with Crippen LogP contribution in [0, 0.1) is 12.7 Å². The first-order valence-electron chi connectivity index (χ1n) is 10.6. The predicted molar refractivity (Wildman–Crippen MR) is 138 cm³/mol. The van der Waals surface area contributed by atoms with Gasteiger partial charge in [0, 0.05) is 36.1 Å². The smallest absolute Gasteiger partial charge is 0.239 e. The quantitative estimate of drug-likeness (QED) is 0.352. The van der Waals surface area contributed by atoms with Gasteiger partial charge in [-0.1, -0.05) is 22.9 Å². The molecule has 1 aliphatic rings. The first-order chi connectivity index (χ1) is 15.5. The average molecular weight is 531 g/mol. The average Bonchev–Trinajstić information content (AvgIpc) is 3.24. The number of thiazole rings is 1. The van der Waals surface area contributed by atoms with Crippen molar-refractivity contribution in [1.29, 1.82) is 0 Å². The van der Waals surface area contributed by atoms with Crippen LogP contribution >= 0.6 is 47.1 Å². The number of anilines is 1. The molecule has 2 aromatic carbocycles. The highest BCUT2D eigenvalue weighted by Crippen LogP contribution is 2.34. The standard InChI is InChI=1S/C23H25ClFN3O2S2.ClH/c1-16-19(24)7-8-20-22(16)26-23(32-20)28(10-2-9-27-11-13-30-14-12-27)21(29)15-31-18-5-3-17(25)4-6-18;/h3-8H,2,9-15H2,1H3;1H. The number of nitrogens with zero attached hydrogens (tertiary/aromatic N) is 3. The van der Waals surface area contributed by atoms with Crippen LogP contribution in [0.2, 0.25) is 5.02 Å². The van der Waals surface area contributed by atoms with Crippen molar-refractivity contribution in [1.82, 2.24) is 9.88 Å². The van der Waals surface area contributed by atoms with Gasteiger partial charge in [-0.3, -0.25) is 14.6 Å². The number of hydrogen-bond acceptors (Lipinski definition) is 6. The number of morpholine rings is 1. The number of thioether (sulfide) groups is 1. The fourth-order valence-corrected chi connectivity index (χ4v) is 5.56. The molecule has 3 aromatic rings. The lowest BCUT2D eigenvalue weighted by molar-refractivity contribution is -0.116. The van der Waals surface area contributed by atoms with Crippen LogP contribution in [0.5, 0.6) is 0 Å². The van der Waals surface area contributed by atoms with Gasteiger partial charge in [0.2, 0.25) is 5.91 Å². The van der Waals surface area contributed by atoms with Crippen molar-refractivity contribution in [2.75, 3.05) is 50.0 Å². The van der Waals surface area contributed by atoms with E-state index in [1.807, 2.05) is 19.1 Å². The van der Waals surface area contributed by atoms with Gasteiger partial charge >= 0.3 is 0 Å². The molecule has 0 unspecified atom stereocenters. The Morgan fingerprint density at radius 3 is 2.70 bits per heavy atom. The number of benzene rings is 2. The van der Waals surface area contributed by atoms with E-state index in [2.05, 4.69) is 4.90 Å². The van der Waals surface area contributed by atoms with Crippen LogP contribution in [0.3, 0.4) is 0 Å². The van der Waals surface area contributed by atoms with E-state index in [1.165, 1.54) is 35.2 Å². The SMILES string of the molecule is Cc1c(Cl)ccc2sc(N(CCCN3CCOCC3)C(=O)CSc3ccc(F)cc3)nc12.Cl. The monoisotopic (exact) mass is 529 g/mol. The summed E-state index contributed by atoms with van der Waals surface area (Å²) in [4.78, 5) is 23.0. The van der Waals surface area contributed by atoms with Crippen LogP contribution in [-0.4, -0.2) is 60.9 Å². The van der Waals surface area contributed by atoms with Crippen molar-refractivity contribution >= 4 is 68.4 Å². The van der Waals surface area contributed by atoms with Crippen LogP contribution in [0.15, 0.2) is 41.3 Å². The van der Waals surface area contributed by atoms with Crippen molar-refractivity contribution in [2.45, 2.75) is 18.2 Å². The molecule has 1 fully saturated rings. The third-order valence-electron chi connectivity index (χ3n) is 5.40. The van der Waals surface area contributed by atoms with Gasteiger partial charge in [-0.25, -0.2) is 9.37 Å². The second kappa shape index (κ2) is 12.3. The Hall–Kier alpha value is -1.42. The number of carbonyl (C=O) groups excluding carboxylic acids is 1. The highest BCUT2D eigenvalue weighted by molar-refractivity contribution is 8.00. The third kappa shape index (κ3) is 6.81.